The molecule has 0 radical (unpaired) electrons. The molecule has 0 aliphatic carbocycles. The molecule has 0 aliphatic rings. The van der Waals surface area contributed by atoms with Gasteiger partial charge in [-0.15, -0.1) is 0 Å². The molecular formula is C11H14Br2O. The average molecular weight is 322 g/mol. The van der Waals surface area contributed by atoms with E-state index in [1.165, 1.54) is 0 Å². The van der Waals surface area contributed by atoms with Crippen LogP contribution >= 0.6 is 31.9 Å². The molecule has 0 saturated heterocycles. The topological polar surface area (TPSA) is 9.23 Å². The van der Waals surface area contributed by atoms with Gasteiger partial charge in [0.25, 0.3) is 0 Å². The number of ether oxygens (including phenoxy) is 1. The van der Waals surface area contributed by atoms with Crippen LogP contribution in [0.25, 0.3) is 0 Å². The predicted molar refractivity (Wildman–Crippen MR) is 67.2 cm³/mol. The second-order valence-electron chi connectivity index (χ2n) is 3.17. The van der Waals surface area contributed by atoms with E-state index in [1.54, 1.807) is 0 Å². The molecular weight excluding hydrogens is 308 g/mol. The van der Waals surface area contributed by atoms with Crippen LogP contribution in [0, 0.1) is 5.92 Å². The van der Waals surface area contributed by atoms with Crippen molar-refractivity contribution < 1.29 is 4.74 Å². The predicted octanol–water partition coefficient (Wildman–Crippen LogP) is 4.25. The van der Waals surface area contributed by atoms with Gasteiger partial charge in [0.05, 0.1) is 11.1 Å². The molecule has 0 heterocycles. The van der Waals surface area contributed by atoms with E-state index in [1.807, 2.05) is 24.3 Å². The Kier molecular flexibility index (Phi) is 5.56. The summed E-state index contributed by atoms with van der Waals surface area (Å²) in [7, 11) is 0. The lowest BCUT2D eigenvalue weighted by Crippen LogP contribution is -2.12. The monoisotopic (exact) mass is 320 g/mol. The fourth-order valence-electron chi connectivity index (χ4n) is 1.04. The minimum absolute atomic E-state index is 0.585. The lowest BCUT2D eigenvalue weighted by atomic mass is 10.1. The van der Waals surface area contributed by atoms with Crippen molar-refractivity contribution in [2.24, 2.45) is 5.92 Å². The number of halogens is 2. The number of benzene rings is 1. The zero-order valence-corrected chi connectivity index (χ0v) is 11.3. The molecule has 3 heteroatoms. The molecule has 0 bridgehead atoms. The highest BCUT2D eigenvalue weighted by atomic mass is 79.9. The van der Waals surface area contributed by atoms with Gasteiger partial charge in [-0.05, 0) is 34.5 Å². The van der Waals surface area contributed by atoms with Crippen molar-refractivity contribution in [3.8, 4) is 5.75 Å². The van der Waals surface area contributed by atoms with Gasteiger partial charge in [-0.1, -0.05) is 35.0 Å². The van der Waals surface area contributed by atoms with Crippen LogP contribution in [0.5, 0.6) is 5.75 Å². The summed E-state index contributed by atoms with van der Waals surface area (Å²) in [6, 6.07) is 7.93. The highest BCUT2D eigenvalue weighted by Crippen LogP contribution is 2.24. The summed E-state index contributed by atoms with van der Waals surface area (Å²) in [4.78, 5) is 0. The minimum Gasteiger partial charge on any atom is -0.492 e. The maximum absolute atomic E-state index is 5.70. The number of para-hydroxylation sites is 1. The van der Waals surface area contributed by atoms with Crippen molar-refractivity contribution in [2.75, 3.05) is 11.9 Å². The van der Waals surface area contributed by atoms with E-state index < -0.39 is 0 Å². The van der Waals surface area contributed by atoms with Crippen LogP contribution in [0.4, 0.5) is 0 Å². The van der Waals surface area contributed by atoms with Crippen LogP contribution in [0.15, 0.2) is 28.7 Å². The first-order valence-electron chi connectivity index (χ1n) is 4.71. The van der Waals surface area contributed by atoms with Gasteiger partial charge in [-0.2, -0.15) is 0 Å². The molecule has 0 N–H and O–H groups in total. The zero-order valence-electron chi connectivity index (χ0n) is 8.17. The fraction of sp³-hybridized carbons (Fsp3) is 0.455. The quantitative estimate of drug-likeness (QED) is 0.737. The van der Waals surface area contributed by atoms with Crippen molar-refractivity contribution in [3.63, 3.8) is 0 Å². The van der Waals surface area contributed by atoms with Crippen LogP contribution in [-0.4, -0.2) is 11.9 Å². The standard InChI is InChI=1S/C11H14Br2O/c1-2-9(7-12)8-14-11-6-4-3-5-10(11)13/h3-6,9H,2,7-8H2,1H3. The molecule has 0 aromatic heterocycles. The molecule has 1 unspecified atom stereocenters. The molecule has 0 saturated carbocycles. The fourth-order valence-corrected chi connectivity index (χ4v) is 2.08. The second-order valence-corrected chi connectivity index (χ2v) is 4.67. The van der Waals surface area contributed by atoms with Gasteiger partial charge < -0.3 is 4.74 Å². The molecule has 1 nitrogen and oxygen atoms in total. The zero-order chi connectivity index (χ0) is 10.4. The summed E-state index contributed by atoms with van der Waals surface area (Å²) in [6.45, 7) is 2.94. The van der Waals surface area contributed by atoms with Crippen molar-refractivity contribution >= 4 is 31.9 Å². The Balaban J connectivity index is 2.49. The molecule has 78 valence electrons. The van der Waals surface area contributed by atoms with E-state index in [4.69, 9.17) is 4.74 Å². The largest absolute Gasteiger partial charge is 0.492 e. The Morgan fingerprint density at radius 2 is 2.07 bits per heavy atom. The van der Waals surface area contributed by atoms with Gasteiger partial charge in [-0.3, -0.25) is 0 Å². The summed E-state index contributed by atoms with van der Waals surface area (Å²) in [5.41, 5.74) is 0. The van der Waals surface area contributed by atoms with Gasteiger partial charge in [0, 0.05) is 11.2 Å². The SMILES string of the molecule is CCC(CBr)COc1ccccc1Br. The van der Waals surface area contributed by atoms with Crippen LogP contribution in [0.2, 0.25) is 0 Å². The molecule has 0 fully saturated rings. The van der Waals surface area contributed by atoms with Gasteiger partial charge in [-0.25, -0.2) is 0 Å². The number of hydrogen-bond acceptors (Lipinski definition) is 1. The highest BCUT2D eigenvalue weighted by molar-refractivity contribution is 9.10. The molecule has 1 aromatic rings. The summed E-state index contributed by atoms with van der Waals surface area (Å²) >= 11 is 6.93. The maximum atomic E-state index is 5.70. The molecule has 1 atom stereocenters. The van der Waals surface area contributed by atoms with E-state index in [0.717, 1.165) is 28.6 Å². The highest BCUT2D eigenvalue weighted by Gasteiger charge is 2.06. The maximum Gasteiger partial charge on any atom is 0.133 e. The Bertz CT molecular complexity index is 272. The van der Waals surface area contributed by atoms with E-state index in [0.29, 0.717) is 5.92 Å². The van der Waals surface area contributed by atoms with Crippen LogP contribution in [0.1, 0.15) is 13.3 Å². The molecule has 14 heavy (non-hydrogen) atoms. The van der Waals surface area contributed by atoms with Crippen molar-refractivity contribution in [1.29, 1.82) is 0 Å². The van der Waals surface area contributed by atoms with Crippen LogP contribution < -0.4 is 4.74 Å². The first-order valence-corrected chi connectivity index (χ1v) is 6.62. The third kappa shape index (κ3) is 3.62. The normalized spacial score (nSPS) is 12.5. The van der Waals surface area contributed by atoms with Crippen molar-refractivity contribution in [1.82, 2.24) is 0 Å². The Hall–Kier alpha value is -0.0200. The number of hydrogen-bond donors (Lipinski definition) is 0. The third-order valence-corrected chi connectivity index (χ3v) is 3.68. The first kappa shape index (κ1) is 12.1. The number of rotatable bonds is 5. The van der Waals surface area contributed by atoms with E-state index in [-0.39, 0.29) is 0 Å². The molecule has 0 amide bonds. The smallest absolute Gasteiger partial charge is 0.133 e. The Morgan fingerprint density at radius 3 is 2.64 bits per heavy atom. The van der Waals surface area contributed by atoms with Crippen LogP contribution in [0.3, 0.4) is 0 Å². The molecule has 1 rings (SSSR count). The molecule has 1 aromatic carbocycles. The third-order valence-electron chi connectivity index (χ3n) is 2.11. The molecule has 0 aliphatic heterocycles. The second kappa shape index (κ2) is 6.46. The van der Waals surface area contributed by atoms with E-state index in [9.17, 15) is 0 Å². The number of alkyl halides is 1. The van der Waals surface area contributed by atoms with Gasteiger partial charge in [0.15, 0.2) is 0 Å². The van der Waals surface area contributed by atoms with Crippen LogP contribution in [-0.2, 0) is 0 Å². The van der Waals surface area contributed by atoms with E-state index >= 15 is 0 Å². The average Bonchev–Trinajstić information content (AvgIpc) is 2.22. The first-order chi connectivity index (χ1) is 6.77. The Labute approximate surface area is 102 Å². The van der Waals surface area contributed by atoms with Crippen molar-refractivity contribution in [3.05, 3.63) is 28.7 Å². The summed E-state index contributed by atoms with van der Waals surface area (Å²) in [5, 5.41) is 0.994. The van der Waals surface area contributed by atoms with E-state index in [2.05, 4.69) is 38.8 Å². The summed E-state index contributed by atoms with van der Waals surface area (Å²) in [5.74, 6) is 1.51. The van der Waals surface area contributed by atoms with Gasteiger partial charge >= 0.3 is 0 Å². The lowest BCUT2D eigenvalue weighted by molar-refractivity contribution is 0.258. The van der Waals surface area contributed by atoms with Crippen molar-refractivity contribution in [2.45, 2.75) is 13.3 Å². The lowest BCUT2D eigenvalue weighted by Gasteiger charge is -2.13. The Morgan fingerprint density at radius 1 is 1.36 bits per heavy atom. The van der Waals surface area contributed by atoms with Gasteiger partial charge in [0.1, 0.15) is 5.75 Å². The summed E-state index contributed by atoms with van der Waals surface area (Å²) < 4.78 is 6.72. The summed E-state index contributed by atoms with van der Waals surface area (Å²) in [6.07, 6.45) is 1.13. The molecule has 0 spiro atoms. The minimum atomic E-state index is 0.585. The van der Waals surface area contributed by atoms with Gasteiger partial charge in [0.2, 0.25) is 0 Å².